The van der Waals surface area contributed by atoms with E-state index in [9.17, 15) is 0 Å². The maximum Gasteiger partial charge on any atom is 0.207 e. The van der Waals surface area contributed by atoms with Crippen LogP contribution >= 0.6 is 23.6 Å². The monoisotopic (exact) mass is 217 g/mol. The molecule has 0 radical (unpaired) electrons. The summed E-state index contributed by atoms with van der Waals surface area (Å²) in [5, 5.41) is 7.94. The average Bonchev–Trinajstić information content (AvgIpc) is 2.34. The second-order valence-electron chi connectivity index (χ2n) is 3.81. The van der Waals surface area contributed by atoms with Crippen LogP contribution in [0.5, 0.6) is 0 Å². The van der Waals surface area contributed by atoms with Crippen LogP contribution in [-0.4, -0.2) is 22.3 Å². The third kappa shape index (κ3) is 2.51. The molecular formula is C8H15N3S2. The zero-order valence-corrected chi connectivity index (χ0v) is 10.1. The zero-order valence-electron chi connectivity index (χ0n) is 8.42. The molecule has 3 nitrogen and oxygen atoms in total. The molecule has 0 aromatic carbocycles. The van der Waals surface area contributed by atoms with Crippen molar-refractivity contribution in [2.75, 3.05) is 11.4 Å². The minimum Gasteiger partial charge on any atom is -0.342 e. The zero-order chi connectivity index (χ0) is 10.1. The smallest absolute Gasteiger partial charge is 0.207 e. The van der Waals surface area contributed by atoms with E-state index in [0.29, 0.717) is 0 Å². The molecule has 5 heteroatoms. The van der Waals surface area contributed by atoms with Crippen LogP contribution in [0.25, 0.3) is 0 Å². The molecule has 0 aliphatic heterocycles. The summed E-state index contributed by atoms with van der Waals surface area (Å²) in [5.41, 5.74) is 0.0994. The van der Waals surface area contributed by atoms with Gasteiger partial charge in [-0.2, -0.15) is 0 Å². The predicted octanol–water partition coefficient (Wildman–Crippen LogP) is 2.83. The van der Waals surface area contributed by atoms with Gasteiger partial charge < -0.3 is 4.90 Å². The van der Waals surface area contributed by atoms with Crippen LogP contribution in [0.1, 0.15) is 27.7 Å². The molecule has 0 saturated heterocycles. The van der Waals surface area contributed by atoms with Crippen LogP contribution in [0.15, 0.2) is 0 Å². The van der Waals surface area contributed by atoms with Gasteiger partial charge in [0.15, 0.2) is 3.95 Å². The normalized spacial score (nSPS) is 11.7. The quantitative estimate of drug-likeness (QED) is 0.773. The third-order valence-electron chi connectivity index (χ3n) is 1.78. The van der Waals surface area contributed by atoms with Crippen molar-refractivity contribution in [3.63, 3.8) is 0 Å². The maximum absolute atomic E-state index is 5.00. The Hall–Kier alpha value is -0.420. The number of nitrogens with one attached hydrogen (secondary N) is 1. The van der Waals surface area contributed by atoms with E-state index >= 15 is 0 Å². The number of hydrogen-bond donors (Lipinski definition) is 1. The van der Waals surface area contributed by atoms with Crippen LogP contribution in [-0.2, 0) is 0 Å². The molecule has 0 aliphatic carbocycles. The van der Waals surface area contributed by atoms with Gasteiger partial charge in [-0.05, 0) is 39.9 Å². The Labute approximate surface area is 87.8 Å². The van der Waals surface area contributed by atoms with E-state index in [1.807, 2.05) is 0 Å². The van der Waals surface area contributed by atoms with Crippen LogP contribution in [0.3, 0.4) is 0 Å². The first kappa shape index (κ1) is 10.7. The molecule has 1 N–H and O–H groups in total. The Balaban J connectivity index is 2.97. The molecule has 1 aromatic rings. The lowest BCUT2D eigenvalue weighted by Crippen LogP contribution is -2.41. The predicted molar refractivity (Wildman–Crippen MR) is 60.1 cm³/mol. The van der Waals surface area contributed by atoms with Gasteiger partial charge in [-0.1, -0.05) is 11.3 Å². The highest BCUT2D eigenvalue weighted by atomic mass is 32.1. The number of H-pyrrole nitrogens is 1. The molecular weight excluding hydrogens is 202 g/mol. The van der Waals surface area contributed by atoms with Crippen molar-refractivity contribution in [1.29, 1.82) is 0 Å². The molecule has 1 aromatic heterocycles. The summed E-state index contributed by atoms with van der Waals surface area (Å²) in [6.07, 6.45) is 0. The van der Waals surface area contributed by atoms with Crippen molar-refractivity contribution in [2.45, 2.75) is 33.2 Å². The van der Waals surface area contributed by atoms with Crippen molar-refractivity contribution in [1.82, 2.24) is 10.2 Å². The first-order valence-electron chi connectivity index (χ1n) is 4.28. The lowest BCUT2D eigenvalue weighted by Gasteiger charge is -2.34. The fourth-order valence-electron chi connectivity index (χ4n) is 1.23. The van der Waals surface area contributed by atoms with Gasteiger partial charge in [-0.15, -0.1) is 5.10 Å². The maximum atomic E-state index is 5.00. The first-order chi connectivity index (χ1) is 5.95. The molecule has 0 saturated carbocycles. The number of anilines is 1. The molecule has 0 fully saturated rings. The Morgan fingerprint density at radius 2 is 2.15 bits per heavy atom. The highest BCUT2D eigenvalue weighted by Crippen LogP contribution is 2.24. The fraction of sp³-hybridized carbons (Fsp3) is 0.750. The summed E-state index contributed by atoms with van der Waals surface area (Å²) in [5.74, 6) is 0. The molecule has 0 atom stereocenters. The van der Waals surface area contributed by atoms with E-state index < -0.39 is 0 Å². The Kier molecular flexibility index (Phi) is 3.08. The second kappa shape index (κ2) is 3.75. The van der Waals surface area contributed by atoms with Crippen LogP contribution in [0, 0.1) is 3.95 Å². The minimum absolute atomic E-state index is 0.0994. The molecule has 1 heterocycles. The topological polar surface area (TPSA) is 31.9 Å². The van der Waals surface area contributed by atoms with Crippen molar-refractivity contribution in [3.05, 3.63) is 3.95 Å². The average molecular weight is 217 g/mol. The molecule has 13 heavy (non-hydrogen) atoms. The van der Waals surface area contributed by atoms with Gasteiger partial charge in [0.2, 0.25) is 5.13 Å². The van der Waals surface area contributed by atoms with E-state index in [2.05, 4.69) is 42.8 Å². The molecule has 0 unspecified atom stereocenters. The Morgan fingerprint density at radius 3 is 2.46 bits per heavy atom. The number of rotatable bonds is 2. The van der Waals surface area contributed by atoms with Crippen LogP contribution < -0.4 is 4.90 Å². The highest BCUT2D eigenvalue weighted by Gasteiger charge is 2.22. The van der Waals surface area contributed by atoms with Crippen LogP contribution in [0.4, 0.5) is 5.13 Å². The van der Waals surface area contributed by atoms with Crippen LogP contribution in [0.2, 0.25) is 0 Å². The van der Waals surface area contributed by atoms with E-state index in [4.69, 9.17) is 12.2 Å². The summed E-state index contributed by atoms with van der Waals surface area (Å²) >= 11 is 6.52. The van der Waals surface area contributed by atoms with E-state index in [1.54, 1.807) is 0 Å². The first-order valence-corrected chi connectivity index (χ1v) is 5.50. The number of aromatic nitrogens is 2. The standard InChI is InChI=1S/C8H15N3S2/c1-5-11(8(2,3)4)6-9-10-7(12)13-6/h5H2,1-4H3,(H,10,12). The van der Waals surface area contributed by atoms with Crippen molar-refractivity contribution in [2.24, 2.45) is 0 Å². The molecule has 74 valence electrons. The summed E-state index contributed by atoms with van der Waals surface area (Å²) in [6, 6.07) is 0. The van der Waals surface area contributed by atoms with Gasteiger partial charge in [0.05, 0.1) is 0 Å². The summed E-state index contributed by atoms with van der Waals surface area (Å²) in [4.78, 5) is 2.23. The lowest BCUT2D eigenvalue weighted by molar-refractivity contribution is 0.511. The number of nitrogens with zero attached hydrogens (tertiary/aromatic N) is 2. The second-order valence-corrected chi connectivity index (χ2v) is 5.45. The largest absolute Gasteiger partial charge is 0.342 e. The van der Waals surface area contributed by atoms with E-state index in [1.165, 1.54) is 11.3 Å². The summed E-state index contributed by atoms with van der Waals surface area (Å²) in [6.45, 7) is 9.57. The Morgan fingerprint density at radius 1 is 1.54 bits per heavy atom. The van der Waals surface area contributed by atoms with Crippen molar-refractivity contribution >= 4 is 28.7 Å². The molecule has 0 aliphatic rings. The minimum atomic E-state index is 0.0994. The van der Waals surface area contributed by atoms with E-state index in [-0.39, 0.29) is 5.54 Å². The van der Waals surface area contributed by atoms with E-state index in [0.717, 1.165) is 15.6 Å². The number of hydrogen-bond acceptors (Lipinski definition) is 4. The summed E-state index contributed by atoms with van der Waals surface area (Å²) in [7, 11) is 0. The van der Waals surface area contributed by atoms with Gasteiger partial charge in [-0.25, -0.2) is 0 Å². The van der Waals surface area contributed by atoms with Gasteiger partial charge in [0.1, 0.15) is 0 Å². The molecule has 1 rings (SSSR count). The van der Waals surface area contributed by atoms with Gasteiger partial charge in [0.25, 0.3) is 0 Å². The highest BCUT2D eigenvalue weighted by molar-refractivity contribution is 7.73. The SMILES string of the molecule is CCN(c1n[nH]c(=S)s1)C(C)(C)C. The molecule has 0 bridgehead atoms. The molecule has 0 spiro atoms. The van der Waals surface area contributed by atoms with Gasteiger partial charge >= 0.3 is 0 Å². The molecule has 0 amide bonds. The lowest BCUT2D eigenvalue weighted by atomic mass is 10.1. The Bertz CT molecular complexity index is 321. The van der Waals surface area contributed by atoms with Crippen molar-refractivity contribution < 1.29 is 0 Å². The van der Waals surface area contributed by atoms with Gasteiger partial charge in [0, 0.05) is 12.1 Å². The third-order valence-corrected chi connectivity index (χ3v) is 2.90. The van der Waals surface area contributed by atoms with Gasteiger partial charge in [-0.3, -0.25) is 5.10 Å². The number of aromatic amines is 1. The summed E-state index contributed by atoms with van der Waals surface area (Å²) < 4.78 is 0.734. The van der Waals surface area contributed by atoms with Crippen molar-refractivity contribution in [3.8, 4) is 0 Å². The fourth-order valence-corrected chi connectivity index (χ4v) is 2.36.